The van der Waals surface area contributed by atoms with Gasteiger partial charge >= 0.3 is 0 Å². The molecular formula is C18H23N3O2. The number of aryl methyl sites for hydroxylation is 1. The van der Waals surface area contributed by atoms with Crippen molar-refractivity contribution < 1.29 is 4.79 Å². The quantitative estimate of drug-likeness (QED) is 0.851. The highest BCUT2D eigenvalue weighted by Gasteiger charge is 2.16. The fraction of sp³-hybridized carbons (Fsp3) is 0.333. The maximum absolute atomic E-state index is 12.2. The van der Waals surface area contributed by atoms with E-state index >= 15 is 0 Å². The molecule has 0 fully saturated rings. The largest absolute Gasteiger partial charge is 0.350 e. The molecule has 1 atom stereocenters. The van der Waals surface area contributed by atoms with E-state index in [2.05, 4.69) is 27.3 Å². The van der Waals surface area contributed by atoms with Crippen LogP contribution < -0.4 is 10.9 Å². The zero-order valence-corrected chi connectivity index (χ0v) is 13.8. The van der Waals surface area contributed by atoms with Crippen LogP contribution in [0.5, 0.6) is 0 Å². The van der Waals surface area contributed by atoms with E-state index in [-0.39, 0.29) is 23.1 Å². The van der Waals surface area contributed by atoms with E-state index in [9.17, 15) is 9.59 Å². The smallest absolute Gasteiger partial charge is 0.260 e. The molecule has 1 aromatic carbocycles. The molecule has 2 aromatic rings. The summed E-state index contributed by atoms with van der Waals surface area (Å²) in [5, 5.41) is 2.86. The number of aromatic nitrogens is 1. The van der Waals surface area contributed by atoms with Crippen molar-refractivity contribution in [3.05, 3.63) is 69.6 Å². The number of benzene rings is 1. The van der Waals surface area contributed by atoms with Gasteiger partial charge in [0.15, 0.2) is 0 Å². The first kappa shape index (κ1) is 17.0. The zero-order chi connectivity index (χ0) is 16.8. The van der Waals surface area contributed by atoms with Crippen molar-refractivity contribution in [2.45, 2.75) is 19.4 Å². The van der Waals surface area contributed by atoms with Gasteiger partial charge in [-0.3, -0.25) is 9.59 Å². The number of nitrogens with zero attached hydrogens (tertiary/aromatic N) is 1. The van der Waals surface area contributed by atoms with Gasteiger partial charge in [0.25, 0.3) is 11.5 Å². The maximum Gasteiger partial charge on any atom is 0.260 e. The zero-order valence-electron chi connectivity index (χ0n) is 13.8. The molecule has 0 bridgehead atoms. The minimum atomic E-state index is -0.355. The second-order valence-electron chi connectivity index (χ2n) is 5.90. The monoisotopic (exact) mass is 313 g/mol. The third-order valence-corrected chi connectivity index (χ3v) is 3.84. The molecule has 0 radical (unpaired) electrons. The van der Waals surface area contributed by atoms with E-state index in [1.54, 1.807) is 19.1 Å². The summed E-state index contributed by atoms with van der Waals surface area (Å²) < 4.78 is 0. The molecule has 5 heteroatoms. The van der Waals surface area contributed by atoms with E-state index < -0.39 is 0 Å². The second kappa shape index (κ2) is 7.74. The van der Waals surface area contributed by atoms with Gasteiger partial charge in [0.05, 0.1) is 0 Å². The highest BCUT2D eigenvalue weighted by atomic mass is 16.2. The average molecular weight is 313 g/mol. The topological polar surface area (TPSA) is 65.2 Å². The lowest BCUT2D eigenvalue weighted by Crippen LogP contribution is -2.42. The fourth-order valence-corrected chi connectivity index (χ4v) is 2.38. The molecule has 0 saturated heterocycles. The molecule has 2 rings (SSSR count). The summed E-state index contributed by atoms with van der Waals surface area (Å²) in [5.74, 6) is -0.342. The van der Waals surface area contributed by atoms with E-state index in [1.807, 2.05) is 32.3 Å². The Hall–Kier alpha value is -2.40. The minimum absolute atomic E-state index is 0.146. The summed E-state index contributed by atoms with van der Waals surface area (Å²) in [6.45, 7) is 2.26. The Labute approximate surface area is 136 Å². The second-order valence-corrected chi connectivity index (χ2v) is 5.90. The van der Waals surface area contributed by atoms with Gasteiger partial charge in [0, 0.05) is 18.3 Å². The van der Waals surface area contributed by atoms with Crippen molar-refractivity contribution in [1.82, 2.24) is 15.2 Å². The molecule has 23 heavy (non-hydrogen) atoms. The average Bonchev–Trinajstić information content (AvgIpc) is 2.51. The van der Waals surface area contributed by atoms with Crippen molar-refractivity contribution in [2.75, 3.05) is 20.6 Å². The first-order chi connectivity index (χ1) is 11.0. The summed E-state index contributed by atoms with van der Waals surface area (Å²) in [6.07, 6.45) is 0.832. The molecule has 0 saturated carbocycles. The minimum Gasteiger partial charge on any atom is -0.350 e. The lowest BCUT2D eigenvalue weighted by molar-refractivity contribution is 0.0940. The molecule has 1 heterocycles. The molecular weight excluding hydrogens is 290 g/mol. The Kier molecular flexibility index (Phi) is 5.71. The van der Waals surface area contributed by atoms with Crippen molar-refractivity contribution in [2.24, 2.45) is 0 Å². The van der Waals surface area contributed by atoms with Crippen LogP contribution >= 0.6 is 0 Å². The highest BCUT2D eigenvalue weighted by molar-refractivity contribution is 5.93. The van der Waals surface area contributed by atoms with Gasteiger partial charge in [-0.1, -0.05) is 30.3 Å². The number of hydrogen-bond donors (Lipinski definition) is 2. The lowest BCUT2D eigenvalue weighted by Gasteiger charge is -2.24. The van der Waals surface area contributed by atoms with Crippen molar-refractivity contribution in [1.29, 1.82) is 0 Å². The third-order valence-electron chi connectivity index (χ3n) is 3.84. The number of pyridine rings is 1. The van der Waals surface area contributed by atoms with Crippen LogP contribution in [0.3, 0.4) is 0 Å². The van der Waals surface area contributed by atoms with Crippen LogP contribution in [-0.4, -0.2) is 42.5 Å². The predicted octanol–water partition coefficient (Wildman–Crippen LogP) is 1.59. The standard InChI is InChI=1S/C18H23N3O2/c1-13-9-10-16(18(23)20-13)17(22)19-12-15(21(2)3)11-14-7-5-4-6-8-14/h4-10,15H,11-12H2,1-3H3,(H,19,22)(H,20,23)/t15-/m1/s1. The summed E-state index contributed by atoms with van der Waals surface area (Å²) in [4.78, 5) is 28.8. The number of H-pyrrole nitrogens is 1. The van der Waals surface area contributed by atoms with Crippen LogP contribution in [0.2, 0.25) is 0 Å². The van der Waals surface area contributed by atoms with Crippen LogP contribution in [0.1, 0.15) is 21.6 Å². The van der Waals surface area contributed by atoms with Gasteiger partial charge in [-0.25, -0.2) is 0 Å². The van der Waals surface area contributed by atoms with Gasteiger partial charge in [0.1, 0.15) is 5.56 Å². The molecule has 122 valence electrons. The van der Waals surface area contributed by atoms with Crippen LogP contribution in [-0.2, 0) is 6.42 Å². The molecule has 5 nitrogen and oxygen atoms in total. The van der Waals surface area contributed by atoms with E-state index in [0.29, 0.717) is 6.54 Å². The number of amides is 1. The number of carbonyl (C=O) groups is 1. The van der Waals surface area contributed by atoms with Crippen LogP contribution in [0, 0.1) is 6.92 Å². The van der Waals surface area contributed by atoms with Crippen molar-refractivity contribution in [3.8, 4) is 0 Å². The van der Waals surface area contributed by atoms with Gasteiger partial charge in [0.2, 0.25) is 0 Å². The molecule has 0 aliphatic heterocycles. The Bertz CT molecular complexity index is 708. The van der Waals surface area contributed by atoms with Crippen molar-refractivity contribution >= 4 is 5.91 Å². The number of hydrogen-bond acceptors (Lipinski definition) is 3. The lowest BCUT2D eigenvalue weighted by atomic mass is 10.1. The SMILES string of the molecule is Cc1ccc(C(=O)NC[C@@H](Cc2ccccc2)N(C)C)c(=O)[nH]1. The van der Waals surface area contributed by atoms with Gasteiger partial charge in [-0.2, -0.15) is 0 Å². The number of rotatable bonds is 6. The Balaban J connectivity index is 2.01. The molecule has 0 unspecified atom stereocenters. The molecule has 1 aromatic heterocycles. The summed E-state index contributed by atoms with van der Waals surface area (Å²) >= 11 is 0. The first-order valence-electron chi connectivity index (χ1n) is 7.66. The van der Waals surface area contributed by atoms with E-state index in [4.69, 9.17) is 0 Å². The molecule has 2 N–H and O–H groups in total. The molecule has 0 spiro atoms. The number of aromatic amines is 1. The highest BCUT2D eigenvalue weighted by Crippen LogP contribution is 2.06. The Morgan fingerprint density at radius 1 is 1.17 bits per heavy atom. The first-order valence-corrected chi connectivity index (χ1v) is 7.66. The van der Waals surface area contributed by atoms with Gasteiger partial charge in [-0.15, -0.1) is 0 Å². The predicted molar refractivity (Wildman–Crippen MR) is 91.8 cm³/mol. The van der Waals surface area contributed by atoms with E-state index in [0.717, 1.165) is 12.1 Å². The van der Waals surface area contributed by atoms with Gasteiger partial charge < -0.3 is 15.2 Å². The summed E-state index contributed by atoms with van der Waals surface area (Å²) in [7, 11) is 3.97. The number of carbonyl (C=O) groups excluding carboxylic acids is 1. The van der Waals surface area contributed by atoms with E-state index in [1.165, 1.54) is 5.56 Å². The fourth-order valence-electron chi connectivity index (χ4n) is 2.38. The van der Waals surface area contributed by atoms with Crippen molar-refractivity contribution in [3.63, 3.8) is 0 Å². The number of likely N-dealkylation sites (N-methyl/N-ethyl adjacent to an activating group) is 1. The van der Waals surface area contributed by atoms with Gasteiger partial charge in [-0.05, 0) is 45.1 Å². The normalized spacial score (nSPS) is 12.2. The Morgan fingerprint density at radius 2 is 1.87 bits per heavy atom. The Morgan fingerprint density at radius 3 is 2.48 bits per heavy atom. The maximum atomic E-state index is 12.2. The summed E-state index contributed by atoms with van der Waals surface area (Å²) in [5.41, 5.74) is 1.75. The molecule has 0 aliphatic rings. The number of nitrogens with one attached hydrogen (secondary N) is 2. The summed E-state index contributed by atoms with van der Waals surface area (Å²) in [6, 6.07) is 13.6. The third kappa shape index (κ3) is 4.79. The molecule has 0 aliphatic carbocycles. The van der Waals surface area contributed by atoms with Crippen LogP contribution in [0.15, 0.2) is 47.3 Å². The van der Waals surface area contributed by atoms with Crippen LogP contribution in [0.25, 0.3) is 0 Å². The van der Waals surface area contributed by atoms with Crippen LogP contribution in [0.4, 0.5) is 0 Å². The molecule has 1 amide bonds.